The van der Waals surface area contributed by atoms with E-state index in [-0.39, 0.29) is 29.7 Å². The van der Waals surface area contributed by atoms with E-state index in [4.69, 9.17) is 9.16 Å². The van der Waals surface area contributed by atoms with Gasteiger partial charge in [-0.2, -0.15) is 0 Å². The first-order chi connectivity index (χ1) is 11.0. The van der Waals surface area contributed by atoms with E-state index in [1.807, 2.05) is 13.8 Å². The van der Waals surface area contributed by atoms with Gasteiger partial charge in [0.05, 0.1) is 17.6 Å². The Hall–Kier alpha value is -1.10. The van der Waals surface area contributed by atoms with Crippen molar-refractivity contribution in [2.45, 2.75) is 72.0 Å². The molecule has 0 bridgehead atoms. The molecule has 0 amide bonds. The van der Waals surface area contributed by atoms with Crippen molar-refractivity contribution in [2.75, 3.05) is 0 Å². The zero-order valence-electron chi connectivity index (χ0n) is 16.3. The van der Waals surface area contributed by atoms with E-state index in [1.165, 1.54) is 0 Å². The van der Waals surface area contributed by atoms with Gasteiger partial charge in [0.15, 0.2) is 0 Å². The molecule has 24 heavy (non-hydrogen) atoms. The van der Waals surface area contributed by atoms with Crippen LogP contribution in [0.5, 0.6) is 0 Å². The van der Waals surface area contributed by atoms with Crippen LogP contribution in [-0.2, 0) is 18.8 Å². The second-order valence-corrected chi connectivity index (χ2v) is 13.8. The predicted octanol–water partition coefficient (Wildman–Crippen LogP) is 4.66. The average Bonchev–Trinajstić information content (AvgIpc) is 2.75. The fraction of sp³-hybridized carbons (Fsp3) is 0.789. The van der Waals surface area contributed by atoms with Crippen molar-refractivity contribution >= 4 is 20.3 Å². The van der Waals surface area contributed by atoms with Crippen molar-refractivity contribution in [2.24, 2.45) is 23.7 Å². The van der Waals surface area contributed by atoms with Gasteiger partial charge < -0.3 is 9.16 Å². The molecule has 2 rings (SSSR count). The van der Waals surface area contributed by atoms with Gasteiger partial charge in [0.1, 0.15) is 0 Å². The Morgan fingerprint density at radius 3 is 1.83 bits per heavy atom. The summed E-state index contributed by atoms with van der Waals surface area (Å²) in [7, 11) is -2.07. The van der Waals surface area contributed by atoms with Gasteiger partial charge in [0.25, 0.3) is 8.32 Å². The van der Waals surface area contributed by atoms with E-state index in [0.717, 1.165) is 5.76 Å². The third-order valence-corrected chi connectivity index (χ3v) is 12.1. The Labute approximate surface area is 147 Å². The summed E-state index contributed by atoms with van der Waals surface area (Å²) >= 11 is 0. The molecule has 0 N–H and O–H groups in total. The quantitative estimate of drug-likeness (QED) is 0.410. The maximum atomic E-state index is 12.2. The number of hydrogen-bond acceptors (Lipinski definition) is 4. The van der Waals surface area contributed by atoms with Gasteiger partial charge in [-0.15, -0.1) is 0 Å². The highest BCUT2D eigenvalue weighted by atomic mass is 28.4. The third kappa shape index (κ3) is 2.85. The maximum Gasteiger partial charge on any atom is 0.318 e. The molecule has 1 heterocycles. The Morgan fingerprint density at radius 1 is 0.917 bits per heavy atom. The minimum absolute atomic E-state index is 0.0293. The van der Waals surface area contributed by atoms with Crippen LogP contribution >= 0.6 is 0 Å². The molecular weight excluding hydrogens is 320 g/mol. The Kier molecular flexibility index (Phi) is 5.33. The molecule has 4 nitrogen and oxygen atoms in total. The van der Waals surface area contributed by atoms with Crippen LogP contribution in [0.15, 0.2) is 11.8 Å². The molecule has 0 aromatic carbocycles. The molecule has 4 unspecified atom stereocenters. The minimum atomic E-state index is -2.07. The molecule has 4 atom stereocenters. The number of ether oxygens (including phenoxy) is 1. The lowest BCUT2D eigenvalue weighted by atomic mass is 9.72. The number of cyclic esters (lactones) is 2. The standard InChI is InChI=1S/C19H32O4Si/c1-10(2)24(11(3)4,12(5)6)23-15-9-13(7)16-17(14(15)8)19(21)22-18(16)20/h9-14,16-17H,1-8H3. The summed E-state index contributed by atoms with van der Waals surface area (Å²) < 4.78 is 11.7. The number of allylic oxidation sites excluding steroid dienone is 2. The summed E-state index contributed by atoms with van der Waals surface area (Å²) in [5.74, 6) is -0.743. The van der Waals surface area contributed by atoms with Crippen molar-refractivity contribution in [3.63, 3.8) is 0 Å². The van der Waals surface area contributed by atoms with E-state index in [9.17, 15) is 9.59 Å². The van der Waals surface area contributed by atoms with E-state index in [2.05, 4.69) is 47.6 Å². The van der Waals surface area contributed by atoms with Gasteiger partial charge in [-0.25, -0.2) is 0 Å². The van der Waals surface area contributed by atoms with E-state index >= 15 is 0 Å². The van der Waals surface area contributed by atoms with Crippen molar-refractivity contribution in [3.05, 3.63) is 11.8 Å². The zero-order chi connectivity index (χ0) is 18.4. The lowest BCUT2D eigenvalue weighted by molar-refractivity contribution is -0.154. The highest BCUT2D eigenvalue weighted by molar-refractivity contribution is 6.77. The molecule has 0 aromatic rings. The van der Waals surface area contributed by atoms with Crippen molar-refractivity contribution in [3.8, 4) is 0 Å². The van der Waals surface area contributed by atoms with Crippen LogP contribution in [0.1, 0.15) is 55.4 Å². The molecule has 2 aliphatic rings. The van der Waals surface area contributed by atoms with E-state index in [1.54, 1.807) is 0 Å². The highest BCUT2D eigenvalue weighted by Gasteiger charge is 2.55. The second kappa shape index (κ2) is 6.66. The van der Waals surface area contributed by atoms with Crippen molar-refractivity contribution in [1.29, 1.82) is 0 Å². The SMILES string of the molecule is CC1C=C(O[Si](C(C)C)(C(C)C)C(C)C)C(C)C2C(=O)OC(=O)C12. The van der Waals surface area contributed by atoms with Gasteiger partial charge in [0.2, 0.25) is 0 Å². The fourth-order valence-electron chi connectivity index (χ4n) is 4.96. The predicted molar refractivity (Wildman–Crippen MR) is 96.6 cm³/mol. The smallest absolute Gasteiger partial charge is 0.318 e. The Balaban J connectivity index is 2.41. The molecule has 1 saturated heterocycles. The fourth-order valence-corrected chi connectivity index (χ4v) is 10.3. The number of rotatable bonds is 5. The van der Waals surface area contributed by atoms with Crippen molar-refractivity contribution in [1.82, 2.24) is 0 Å². The van der Waals surface area contributed by atoms with Crippen LogP contribution < -0.4 is 0 Å². The molecular formula is C19H32O4Si. The normalized spacial score (nSPS) is 30.7. The number of carbonyl (C=O) groups is 2. The van der Waals surface area contributed by atoms with Crippen LogP contribution in [0.25, 0.3) is 0 Å². The lowest BCUT2D eigenvalue weighted by Gasteiger charge is -2.45. The molecule has 0 aromatic heterocycles. The summed E-state index contributed by atoms with van der Waals surface area (Å²) in [6.07, 6.45) is 2.07. The molecule has 1 aliphatic carbocycles. The van der Waals surface area contributed by atoms with E-state index < -0.39 is 14.2 Å². The van der Waals surface area contributed by atoms with Crippen LogP contribution in [-0.4, -0.2) is 20.3 Å². The van der Waals surface area contributed by atoms with Gasteiger partial charge in [-0.05, 0) is 28.6 Å². The lowest BCUT2D eigenvalue weighted by Crippen LogP contribution is -2.49. The Morgan fingerprint density at radius 2 is 1.38 bits per heavy atom. The largest absolute Gasteiger partial charge is 0.546 e. The number of esters is 2. The van der Waals surface area contributed by atoms with Crippen LogP contribution in [0.2, 0.25) is 16.6 Å². The third-order valence-electron chi connectivity index (χ3n) is 6.12. The van der Waals surface area contributed by atoms with Gasteiger partial charge in [0, 0.05) is 5.92 Å². The first kappa shape index (κ1) is 19.2. The number of carbonyl (C=O) groups excluding carboxylic acids is 2. The molecule has 5 heteroatoms. The highest BCUT2D eigenvalue weighted by Crippen LogP contribution is 2.49. The summed E-state index contributed by atoms with van der Waals surface area (Å²) in [6.45, 7) is 17.5. The molecule has 1 aliphatic heterocycles. The second-order valence-electron chi connectivity index (χ2n) is 8.43. The first-order valence-electron chi connectivity index (χ1n) is 9.20. The van der Waals surface area contributed by atoms with Crippen LogP contribution in [0.3, 0.4) is 0 Å². The summed E-state index contributed by atoms with van der Waals surface area (Å²) in [5, 5.41) is 0. The molecule has 0 spiro atoms. The van der Waals surface area contributed by atoms with E-state index in [0.29, 0.717) is 16.6 Å². The van der Waals surface area contributed by atoms with Gasteiger partial charge in [-0.1, -0.05) is 55.4 Å². The summed E-state index contributed by atoms with van der Waals surface area (Å²) in [6, 6.07) is 0. The first-order valence-corrected chi connectivity index (χ1v) is 11.3. The van der Waals surface area contributed by atoms with Crippen molar-refractivity contribution < 1.29 is 18.8 Å². The topological polar surface area (TPSA) is 52.6 Å². The summed E-state index contributed by atoms with van der Waals surface area (Å²) in [5.41, 5.74) is 1.40. The number of fused-ring (bicyclic) bond motifs is 1. The summed E-state index contributed by atoms with van der Waals surface area (Å²) in [4.78, 5) is 24.2. The average molecular weight is 353 g/mol. The number of hydrogen-bond donors (Lipinski definition) is 0. The molecule has 0 radical (unpaired) electrons. The zero-order valence-corrected chi connectivity index (χ0v) is 17.3. The van der Waals surface area contributed by atoms with Crippen LogP contribution in [0, 0.1) is 23.7 Å². The minimum Gasteiger partial charge on any atom is -0.546 e. The Bertz CT molecular complexity index is 528. The van der Waals surface area contributed by atoms with Crippen LogP contribution in [0.4, 0.5) is 0 Å². The van der Waals surface area contributed by atoms with Gasteiger partial charge >= 0.3 is 11.9 Å². The molecule has 136 valence electrons. The maximum absolute atomic E-state index is 12.2. The molecule has 1 fully saturated rings. The molecule has 0 saturated carbocycles. The monoisotopic (exact) mass is 352 g/mol. The van der Waals surface area contributed by atoms with Gasteiger partial charge in [-0.3, -0.25) is 9.59 Å².